The minimum Gasteiger partial charge on any atom is -0.480 e. The maximum atomic E-state index is 12.0. The Balaban J connectivity index is 1.91. The number of aryl methyl sites for hydroxylation is 2. The number of carboxylic acids is 1. The van der Waals surface area contributed by atoms with Gasteiger partial charge in [-0.25, -0.2) is 4.79 Å². The van der Waals surface area contributed by atoms with E-state index in [-0.39, 0.29) is 18.1 Å². The molecule has 2 atom stereocenters. The van der Waals surface area contributed by atoms with Gasteiger partial charge in [0, 0.05) is 17.9 Å². The van der Waals surface area contributed by atoms with Gasteiger partial charge in [-0.2, -0.15) is 0 Å². The van der Waals surface area contributed by atoms with E-state index in [1.165, 1.54) is 11.8 Å². The lowest BCUT2D eigenvalue weighted by molar-refractivity contribution is -0.141. The van der Waals surface area contributed by atoms with Gasteiger partial charge in [0.1, 0.15) is 6.04 Å². The monoisotopic (exact) mass is 322 g/mol. The average molecular weight is 322 g/mol. The molecular formula is C15H18N2O4S. The SMILES string of the molecule is Cc1ccc(NC(=O)C[C@@H]2SC[C@H](C(=O)O)NC2=O)cc1C. The molecule has 1 aliphatic rings. The molecule has 6 nitrogen and oxygen atoms in total. The fourth-order valence-electron chi connectivity index (χ4n) is 2.08. The molecule has 2 amide bonds. The number of anilines is 1. The van der Waals surface area contributed by atoms with Crippen LogP contribution < -0.4 is 10.6 Å². The van der Waals surface area contributed by atoms with E-state index in [2.05, 4.69) is 10.6 Å². The number of benzene rings is 1. The Kier molecular flexibility index (Phi) is 5.07. The van der Waals surface area contributed by atoms with Crippen molar-refractivity contribution in [3.05, 3.63) is 29.3 Å². The molecule has 118 valence electrons. The number of carbonyl (C=O) groups is 3. The molecule has 1 saturated heterocycles. The summed E-state index contributed by atoms with van der Waals surface area (Å²) >= 11 is 1.20. The van der Waals surface area contributed by atoms with Gasteiger partial charge >= 0.3 is 5.97 Å². The summed E-state index contributed by atoms with van der Waals surface area (Å²) < 4.78 is 0. The second-order valence-corrected chi connectivity index (χ2v) is 6.51. The van der Waals surface area contributed by atoms with Gasteiger partial charge in [0.25, 0.3) is 0 Å². The maximum Gasteiger partial charge on any atom is 0.327 e. The van der Waals surface area contributed by atoms with Crippen molar-refractivity contribution in [2.24, 2.45) is 0 Å². The van der Waals surface area contributed by atoms with Crippen LogP contribution >= 0.6 is 11.8 Å². The highest BCUT2D eigenvalue weighted by Gasteiger charge is 2.33. The summed E-state index contributed by atoms with van der Waals surface area (Å²) in [5.41, 5.74) is 2.91. The third-order valence-corrected chi connectivity index (χ3v) is 4.84. The number of amides is 2. The molecule has 0 spiro atoms. The predicted molar refractivity (Wildman–Crippen MR) is 85.0 cm³/mol. The van der Waals surface area contributed by atoms with Crippen LogP contribution in [-0.2, 0) is 14.4 Å². The summed E-state index contributed by atoms with van der Waals surface area (Å²) in [5, 5.41) is 13.5. The minimum absolute atomic E-state index is 0.0236. The van der Waals surface area contributed by atoms with Crippen LogP contribution in [0.5, 0.6) is 0 Å². The number of hydrogen-bond acceptors (Lipinski definition) is 4. The normalized spacial score (nSPS) is 21.1. The summed E-state index contributed by atoms with van der Waals surface area (Å²) in [7, 11) is 0. The fraction of sp³-hybridized carbons (Fsp3) is 0.400. The third-order valence-electron chi connectivity index (χ3n) is 3.53. The largest absolute Gasteiger partial charge is 0.480 e. The molecule has 1 heterocycles. The van der Waals surface area contributed by atoms with Crippen LogP contribution in [-0.4, -0.2) is 39.9 Å². The Morgan fingerprint density at radius 1 is 1.36 bits per heavy atom. The van der Waals surface area contributed by atoms with Crippen molar-refractivity contribution in [2.45, 2.75) is 31.6 Å². The molecule has 7 heteroatoms. The Hall–Kier alpha value is -2.02. The Labute approximate surface area is 132 Å². The maximum absolute atomic E-state index is 12.0. The first-order valence-electron chi connectivity index (χ1n) is 6.88. The topological polar surface area (TPSA) is 95.5 Å². The van der Waals surface area contributed by atoms with Gasteiger partial charge in [-0.3, -0.25) is 9.59 Å². The van der Waals surface area contributed by atoms with Gasteiger partial charge in [-0.05, 0) is 37.1 Å². The summed E-state index contributed by atoms with van der Waals surface area (Å²) in [6, 6.07) is 4.73. The third kappa shape index (κ3) is 4.00. The Bertz CT molecular complexity index is 618. The number of nitrogens with one attached hydrogen (secondary N) is 2. The molecule has 0 radical (unpaired) electrons. The lowest BCUT2D eigenvalue weighted by atomic mass is 10.1. The second kappa shape index (κ2) is 6.83. The lowest BCUT2D eigenvalue weighted by Crippen LogP contribution is -2.51. The molecule has 0 unspecified atom stereocenters. The van der Waals surface area contributed by atoms with Crippen LogP contribution in [0.3, 0.4) is 0 Å². The molecule has 0 saturated carbocycles. The molecule has 22 heavy (non-hydrogen) atoms. The molecule has 1 aromatic carbocycles. The van der Waals surface area contributed by atoms with E-state index in [1.54, 1.807) is 0 Å². The Morgan fingerprint density at radius 2 is 2.09 bits per heavy atom. The number of carbonyl (C=O) groups excluding carboxylic acids is 2. The summed E-state index contributed by atoms with van der Waals surface area (Å²) in [4.78, 5) is 34.7. The predicted octanol–water partition coefficient (Wildman–Crippen LogP) is 1.32. The van der Waals surface area contributed by atoms with Crippen LogP contribution in [0.15, 0.2) is 18.2 Å². The van der Waals surface area contributed by atoms with E-state index in [9.17, 15) is 14.4 Å². The zero-order chi connectivity index (χ0) is 16.3. The summed E-state index contributed by atoms with van der Waals surface area (Å²) in [5.74, 6) is -1.45. The molecule has 2 rings (SSSR count). The number of hydrogen-bond donors (Lipinski definition) is 3. The minimum atomic E-state index is -1.06. The van der Waals surface area contributed by atoms with Gasteiger partial charge in [-0.1, -0.05) is 6.07 Å². The van der Waals surface area contributed by atoms with Crippen molar-refractivity contribution >= 4 is 35.2 Å². The molecule has 1 aromatic rings. The van der Waals surface area contributed by atoms with Crippen molar-refractivity contribution in [2.75, 3.05) is 11.1 Å². The van der Waals surface area contributed by atoms with Crippen LogP contribution in [0.4, 0.5) is 5.69 Å². The Morgan fingerprint density at radius 3 is 2.68 bits per heavy atom. The lowest BCUT2D eigenvalue weighted by Gasteiger charge is -2.25. The molecule has 1 aliphatic heterocycles. The van der Waals surface area contributed by atoms with Gasteiger partial charge in [-0.15, -0.1) is 11.8 Å². The van der Waals surface area contributed by atoms with E-state index in [4.69, 9.17) is 5.11 Å². The highest BCUT2D eigenvalue weighted by Crippen LogP contribution is 2.22. The van der Waals surface area contributed by atoms with Crippen LogP contribution in [0.1, 0.15) is 17.5 Å². The zero-order valence-electron chi connectivity index (χ0n) is 12.4. The van der Waals surface area contributed by atoms with Crippen LogP contribution in [0, 0.1) is 13.8 Å². The first-order valence-corrected chi connectivity index (χ1v) is 7.93. The average Bonchev–Trinajstić information content (AvgIpc) is 2.45. The van der Waals surface area contributed by atoms with E-state index in [1.807, 2.05) is 32.0 Å². The van der Waals surface area contributed by atoms with E-state index in [0.717, 1.165) is 11.1 Å². The molecule has 1 fully saturated rings. The highest BCUT2D eigenvalue weighted by molar-refractivity contribution is 8.00. The molecule has 0 bridgehead atoms. The number of carboxylic acid groups (broad SMARTS) is 1. The van der Waals surface area contributed by atoms with Crippen LogP contribution in [0.25, 0.3) is 0 Å². The van der Waals surface area contributed by atoms with Gasteiger partial charge in [0.05, 0.1) is 5.25 Å². The van der Waals surface area contributed by atoms with Crippen molar-refractivity contribution < 1.29 is 19.5 Å². The van der Waals surface area contributed by atoms with Gasteiger partial charge < -0.3 is 15.7 Å². The second-order valence-electron chi connectivity index (χ2n) is 5.27. The van der Waals surface area contributed by atoms with Crippen LogP contribution in [0.2, 0.25) is 0 Å². The van der Waals surface area contributed by atoms with Gasteiger partial charge in [0.2, 0.25) is 11.8 Å². The van der Waals surface area contributed by atoms with Crippen molar-refractivity contribution in [1.29, 1.82) is 0 Å². The van der Waals surface area contributed by atoms with E-state index >= 15 is 0 Å². The summed E-state index contributed by atoms with van der Waals surface area (Å²) in [6.45, 7) is 3.95. The molecule has 3 N–H and O–H groups in total. The van der Waals surface area contributed by atoms with Crippen molar-refractivity contribution in [3.8, 4) is 0 Å². The standard InChI is InChI=1S/C15H18N2O4S/c1-8-3-4-10(5-9(8)2)16-13(18)6-12-14(19)17-11(7-22-12)15(20)21/h3-5,11-12H,6-7H2,1-2H3,(H,16,18)(H,17,19)(H,20,21)/t11-,12+/m1/s1. The highest BCUT2D eigenvalue weighted by atomic mass is 32.2. The van der Waals surface area contributed by atoms with Crippen molar-refractivity contribution in [3.63, 3.8) is 0 Å². The fourth-order valence-corrected chi connectivity index (χ4v) is 3.22. The van der Waals surface area contributed by atoms with E-state index < -0.39 is 23.2 Å². The molecular weight excluding hydrogens is 304 g/mol. The number of thioether (sulfide) groups is 1. The number of rotatable bonds is 4. The smallest absolute Gasteiger partial charge is 0.327 e. The van der Waals surface area contributed by atoms with E-state index in [0.29, 0.717) is 5.69 Å². The van der Waals surface area contributed by atoms with Gasteiger partial charge in [0.15, 0.2) is 0 Å². The molecule has 0 aromatic heterocycles. The first-order chi connectivity index (χ1) is 10.4. The number of aliphatic carboxylic acids is 1. The van der Waals surface area contributed by atoms with Crippen molar-refractivity contribution in [1.82, 2.24) is 5.32 Å². The zero-order valence-corrected chi connectivity index (χ0v) is 13.2. The quantitative estimate of drug-likeness (QED) is 0.777. The molecule has 0 aliphatic carbocycles. The summed E-state index contributed by atoms with van der Waals surface area (Å²) in [6.07, 6.45) is 0.0236. The first kappa shape index (κ1) is 16.4.